The molecule has 1 aliphatic carbocycles. The Morgan fingerprint density at radius 2 is 1.96 bits per heavy atom. The van der Waals surface area contributed by atoms with Gasteiger partial charge in [0.05, 0.1) is 0 Å². The number of aryl methyl sites for hydroxylation is 2. The average molecular weight is 386 g/mol. The van der Waals surface area contributed by atoms with Gasteiger partial charge in [-0.1, -0.05) is 36.6 Å². The van der Waals surface area contributed by atoms with Crippen LogP contribution in [-0.2, 0) is 11.3 Å². The Labute approximate surface area is 166 Å². The van der Waals surface area contributed by atoms with E-state index in [2.05, 4.69) is 16.7 Å². The third kappa shape index (κ3) is 4.13. The van der Waals surface area contributed by atoms with E-state index < -0.39 is 5.54 Å². The molecule has 3 rings (SSSR count). The Morgan fingerprint density at radius 1 is 1.25 bits per heavy atom. The Morgan fingerprint density at radius 3 is 2.64 bits per heavy atom. The molecule has 28 heavy (non-hydrogen) atoms. The highest BCUT2D eigenvalue weighted by Gasteiger charge is 2.51. The predicted octanol–water partition coefficient (Wildman–Crippen LogP) is 2.70. The number of nitrogens with one attached hydrogen (secondary N) is 2. The molecule has 0 unspecified atom stereocenters. The molecule has 152 valence electrons. The van der Waals surface area contributed by atoms with Crippen molar-refractivity contribution in [1.82, 2.24) is 20.4 Å². The minimum absolute atomic E-state index is 0.103. The molecule has 0 atom stereocenters. The number of benzene rings is 1. The number of amides is 5. The number of rotatable bonds is 6. The number of imide groups is 1. The molecule has 1 spiro atoms. The zero-order valence-electron chi connectivity index (χ0n) is 17.0. The van der Waals surface area contributed by atoms with Crippen molar-refractivity contribution in [3.63, 3.8) is 0 Å². The number of carbonyl (C=O) groups is 3. The van der Waals surface area contributed by atoms with Crippen molar-refractivity contribution in [2.45, 2.75) is 58.0 Å². The second kappa shape index (κ2) is 8.20. The third-order valence-electron chi connectivity index (χ3n) is 5.79. The fourth-order valence-electron chi connectivity index (χ4n) is 4.11. The van der Waals surface area contributed by atoms with E-state index in [1.165, 1.54) is 16.0 Å². The van der Waals surface area contributed by atoms with E-state index >= 15 is 0 Å². The summed E-state index contributed by atoms with van der Waals surface area (Å²) in [4.78, 5) is 40.0. The summed E-state index contributed by atoms with van der Waals surface area (Å²) in [7, 11) is 1.76. The maximum absolute atomic E-state index is 12.6. The number of urea groups is 2. The molecule has 0 radical (unpaired) electrons. The van der Waals surface area contributed by atoms with Crippen LogP contribution in [0.1, 0.15) is 48.8 Å². The molecule has 1 aromatic rings. The van der Waals surface area contributed by atoms with Gasteiger partial charge in [0.15, 0.2) is 0 Å². The summed E-state index contributed by atoms with van der Waals surface area (Å²) in [5.74, 6) is -0.103. The Hall–Kier alpha value is -2.57. The van der Waals surface area contributed by atoms with E-state index in [4.69, 9.17) is 0 Å². The second-order valence-corrected chi connectivity index (χ2v) is 8.05. The first-order valence-electron chi connectivity index (χ1n) is 10.0. The van der Waals surface area contributed by atoms with E-state index in [1.54, 1.807) is 11.9 Å². The van der Waals surface area contributed by atoms with Crippen LogP contribution >= 0.6 is 0 Å². The van der Waals surface area contributed by atoms with E-state index in [-0.39, 0.29) is 18.0 Å². The summed E-state index contributed by atoms with van der Waals surface area (Å²) < 4.78 is 0. The molecule has 2 fully saturated rings. The fourth-order valence-corrected chi connectivity index (χ4v) is 4.11. The molecular formula is C21H30N4O3. The van der Waals surface area contributed by atoms with Crippen LogP contribution in [0, 0.1) is 13.8 Å². The summed E-state index contributed by atoms with van der Waals surface area (Å²) in [6.07, 6.45) is 3.95. The molecule has 1 heterocycles. The van der Waals surface area contributed by atoms with Gasteiger partial charge in [-0.2, -0.15) is 0 Å². The molecule has 1 saturated carbocycles. The Kier molecular flexibility index (Phi) is 5.91. The highest BCUT2D eigenvalue weighted by Crippen LogP contribution is 2.34. The number of carbonyl (C=O) groups excluding carboxylic acids is 3. The molecule has 2 aliphatic rings. The topological polar surface area (TPSA) is 81.8 Å². The lowest BCUT2D eigenvalue weighted by Crippen LogP contribution is -2.44. The van der Waals surface area contributed by atoms with Gasteiger partial charge in [-0.05, 0) is 44.2 Å². The third-order valence-corrected chi connectivity index (χ3v) is 5.79. The lowest BCUT2D eigenvalue weighted by molar-refractivity contribution is -0.131. The van der Waals surface area contributed by atoms with Crippen LogP contribution in [0.3, 0.4) is 0 Å². The maximum Gasteiger partial charge on any atom is 0.325 e. The molecule has 5 amide bonds. The highest BCUT2D eigenvalue weighted by molar-refractivity contribution is 6.07. The van der Waals surface area contributed by atoms with Gasteiger partial charge in [-0.25, -0.2) is 9.59 Å². The molecule has 1 aromatic carbocycles. The van der Waals surface area contributed by atoms with Crippen molar-refractivity contribution in [3.8, 4) is 0 Å². The number of hydrogen-bond acceptors (Lipinski definition) is 3. The lowest BCUT2D eigenvalue weighted by atomic mass is 9.98. The van der Waals surface area contributed by atoms with Crippen molar-refractivity contribution in [3.05, 3.63) is 34.9 Å². The van der Waals surface area contributed by atoms with Gasteiger partial charge in [0.1, 0.15) is 5.54 Å². The summed E-state index contributed by atoms with van der Waals surface area (Å²) in [5, 5.41) is 5.74. The van der Waals surface area contributed by atoms with E-state index in [1.807, 2.05) is 26.0 Å². The van der Waals surface area contributed by atoms with Crippen molar-refractivity contribution >= 4 is 18.0 Å². The molecule has 7 nitrogen and oxygen atoms in total. The van der Waals surface area contributed by atoms with Gasteiger partial charge >= 0.3 is 12.1 Å². The van der Waals surface area contributed by atoms with Crippen LogP contribution in [0.15, 0.2) is 18.2 Å². The van der Waals surface area contributed by atoms with Crippen LogP contribution in [0.4, 0.5) is 9.59 Å². The maximum atomic E-state index is 12.6. The number of nitrogens with zero attached hydrogens (tertiary/aromatic N) is 2. The Bertz CT molecular complexity index is 771. The molecule has 1 saturated heterocycles. The van der Waals surface area contributed by atoms with Gasteiger partial charge in [0.25, 0.3) is 5.91 Å². The van der Waals surface area contributed by atoms with Gasteiger partial charge in [-0.15, -0.1) is 0 Å². The van der Waals surface area contributed by atoms with Gasteiger partial charge < -0.3 is 15.5 Å². The minimum atomic E-state index is -0.660. The van der Waals surface area contributed by atoms with Gasteiger partial charge in [0, 0.05) is 26.7 Å². The van der Waals surface area contributed by atoms with Crippen LogP contribution in [0.5, 0.6) is 0 Å². The molecule has 2 N–H and O–H groups in total. The van der Waals surface area contributed by atoms with E-state index in [0.29, 0.717) is 26.1 Å². The zero-order valence-corrected chi connectivity index (χ0v) is 17.0. The quantitative estimate of drug-likeness (QED) is 0.583. The first-order valence-corrected chi connectivity index (χ1v) is 10.0. The number of hydrogen-bond donors (Lipinski definition) is 2. The monoisotopic (exact) mass is 386 g/mol. The van der Waals surface area contributed by atoms with Crippen LogP contribution in [-0.4, -0.2) is 53.4 Å². The average Bonchev–Trinajstić information content (AvgIpc) is 3.20. The smallest absolute Gasteiger partial charge is 0.325 e. The van der Waals surface area contributed by atoms with Gasteiger partial charge in [-0.3, -0.25) is 9.69 Å². The van der Waals surface area contributed by atoms with Crippen LogP contribution in [0.25, 0.3) is 0 Å². The minimum Gasteiger partial charge on any atom is -0.338 e. The standard InChI is InChI=1S/C21H30N4O3/c1-15-7-8-17(16(2)13-15)14-24(3)19(27)22-11-6-12-25-18(26)21(23-20(25)28)9-4-5-10-21/h7-8,13H,4-6,9-12,14H2,1-3H3,(H,22,27)(H,23,28). The zero-order chi connectivity index (χ0) is 20.3. The largest absolute Gasteiger partial charge is 0.338 e. The van der Waals surface area contributed by atoms with Gasteiger partial charge in [0.2, 0.25) is 0 Å². The molecule has 0 aromatic heterocycles. The molecule has 7 heteroatoms. The Balaban J connectivity index is 1.43. The SMILES string of the molecule is Cc1ccc(CN(C)C(=O)NCCCN2C(=O)NC3(CCCC3)C2=O)c(C)c1. The van der Waals surface area contributed by atoms with E-state index in [9.17, 15) is 14.4 Å². The normalized spacial score (nSPS) is 17.9. The summed E-state index contributed by atoms with van der Waals surface area (Å²) in [5.41, 5.74) is 2.82. The van der Waals surface area contributed by atoms with Crippen molar-refractivity contribution in [2.24, 2.45) is 0 Å². The second-order valence-electron chi connectivity index (χ2n) is 8.05. The summed E-state index contributed by atoms with van der Waals surface area (Å²) >= 11 is 0. The summed E-state index contributed by atoms with van der Waals surface area (Å²) in [6.45, 7) is 5.37. The molecular weight excluding hydrogens is 356 g/mol. The summed E-state index contributed by atoms with van der Waals surface area (Å²) in [6, 6.07) is 5.74. The lowest BCUT2D eigenvalue weighted by Gasteiger charge is -2.21. The van der Waals surface area contributed by atoms with Crippen molar-refractivity contribution in [2.75, 3.05) is 20.1 Å². The molecule has 1 aliphatic heterocycles. The first kappa shape index (κ1) is 20.2. The van der Waals surface area contributed by atoms with Crippen molar-refractivity contribution in [1.29, 1.82) is 0 Å². The predicted molar refractivity (Wildman–Crippen MR) is 107 cm³/mol. The first-order chi connectivity index (χ1) is 13.3. The fraction of sp³-hybridized carbons (Fsp3) is 0.571. The van der Waals surface area contributed by atoms with Crippen LogP contribution in [0.2, 0.25) is 0 Å². The van der Waals surface area contributed by atoms with Crippen LogP contribution < -0.4 is 10.6 Å². The van der Waals surface area contributed by atoms with E-state index in [0.717, 1.165) is 31.2 Å². The van der Waals surface area contributed by atoms with Crippen molar-refractivity contribution < 1.29 is 14.4 Å². The highest BCUT2D eigenvalue weighted by atomic mass is 16.2. The molecule has 0 bridgehead atoms.